The van der Waals surface area contributed by atoms with E-state index >= 15 is 0 Å². The van der Waals surface area contributed by atoms with Crippen molar-refractivity contribution in [2.45, 2.75) is 31.3 Å². The molecule has 1 aliphatic rings. The Labute approximate surface area is 114 Å². The third-order valence-corrected chi connectivity index (χ3v) is 5.34. The zero-order valence-corrected chi connectivity index (χ0v) is 12.1. The second-order valence-electron chi connectivity index (χ2n) is 4.89. The van der Waals surface area contributed by atoms with Gasteiger partial charge in [-0.1, -0.05) is 12.1 Å². The van der Waals surface area contributed by atoms with Gasteiger partial charge in [0.1, 0.15) is 4.90 Å². The van der Waals surface area contributed by atoms with E-state index in [0.717, 1.165) is 0 Å². The largest absolute Gasteiger partial charge is 0.398 e. The fraction of sp³-hybridized carbons (Fsp3) is 0.538. The highest BCUT2D eigenvalue weighted by Crippen LogP contribution is 2.27. The molecule has 5 nitrogen and oxygen atoms in total. The first kappa shape index (κ1) is 14.3. The maximum absolute atomic E-state index is 12.7. The summed E-state index contributed by atoms with van der Waals surface area (Å²) in [4.78, 5) is 0.226. The first-order chi connectivity index (χ1) is 8.93. The molecule has 2 rings (SSSR count). The molecular weight excluding hydrogens is 264 g/mol. The molecule has 1 aliphatic heterocycles. The number of sulfonamides is 1. The molecule has 1 atom stereocenters. The van der Waals surface area contributed by atoms with Gasteiger partial charge < -0.3 is 10.5 Å². The van der Waals surface area contributed by atoms with Crippen molar-refractivity contribution in [1.29, 1.82) is 0 Å². The number of rotatable bonds is 2. The predicted octanol–water partition coefficient (Wildman–Crippen LogP) is 1.38. The normalized spacial score (nSPS) is 22.1. The quantitative estimate of drug-likeness (QED) is 0.833. The molecule has 6 heteroatoms. The highest BCUT2D eigenvalue weighted by atomic mass is 32.2. The molecule has 0 radical (unpaired) electrons. The van der Waals surface area contributed by atoms with E-state index in [1.54, 1.807) is 25.1 Å². The fourth-order valence-electron chi connectivity index (χ4n) is 2.33. The molecule has 1 unspecified atom stereocenters. The summed E-state index contributed by atoms with van der Waals surface area (Å²) in [6.07, 6.45) is 0.609. The minimum atomic E-state index is -3.55. The molecule has 1 aromatic carbocycles. The number of hydrogen-bond donors (Lipinski definition) is 1. The second kappa shape index (κ2) is 5.48. The Morgan fingerprint density at radius 1 is 1.42 bits per heavy atom. The standard InChI is InChI=1S/C13H20N2O3S/c1-10-5-3-6-12(14)13(10)19(16,17)15-7-4-8-18-11(2)9-15/h3,5-6,11H,4,7-9,14H2,1-2H3. The maximum atomic E-state index is 12.7. The van der Waals surface area contributed by atoms with Crippen molar-refractivity contribution in [3.8, 4) is 0 Å². The molecule has 106 valence electrons. The van der Waals surface area contributed by atoms with Crippen LogP contribution in [0.5, 0.6) is 0 Å². The zero-order valence-electron chi connectivity index (χ0n) is 11.3. The van der Waals surface area contributed by atoms with Crippen molar-refractivity contribution in [2.75, 3.05) is 25.4 Å². The molecule has 1 saturated heterocycles. The summed E-state index contributed by atoms with van der Waals surface area (Å²) in [7, 11) is -3.55. The van der Waals surface area contributed by atoms with Crippen LogP contribution in [0.1, 0.15) is 18.9 Å². The van der Waals surface area contributed by atoms with Gasteiger partial charge in [0.05, 0.1) is 11.8 Å². The number of nitrogens with zero attached hydrogens (tertiary/aromatic N) is 1. The molecule has 0 aliphatic carbocycles. The van der Waals surface area contributed by atoms with Gasteiger partial charge in [-0.25, -0.2) is 8.42 Å². The summed E-state index contributed by atoms with van der Waals surface area (Å²) >= 11 is 0. The van der Waals surface area contributed by atoms with Crippen LogP contribution in [0.4, 0.5) is 5.69 Å². The molecule has 2 N–H and O–H groups in total. The van der Waals surface area contributed by atoms with Crippen LogP contribution >= 0.6 is 0 Å². The van der Waals surface area contributed by atoms with E-state index in [-0.39, 0.29) is 11.0 Å². The van der Waals surface area contributed by atoms with Gasteiger partial charge in [-0.05, 0) is 31.9 Å². The van der Waals surface area contributed by atoms with Gasteiger partial charge in [0.25, 0.3) is 0 Å². The van der Waals surface area contributed by atoms with Crippen molar-refractivity contribution in [2.24, 2.45) is 0 Å². The van der Waals surface area contributed by atoms with Crippen LogP contribution in [0, 0.1) is 6.92 Å². The third-order valence-electron chi connectivity index (χ3n) is 3.26. The molecule has 1 heterocycles. The highest BCUT2D eigenvalue weighted by Gasteiger charge is 2.30. The topological polar surface area (TPSA) is 72.6 Å². The first-order valence-corrected chi connectivity index (χ1v) is 7.84. The number of ether oxygens (including phenoxy) is 1. The Hall–Kier alpha value is -1.11. The summed E-state index contributed by atoms with van der Waals surface area (Å²) in [5.74, 6) is 0. The maximum Gasteiger partial charge on any atom is 0.245 e. The lowest BCUT2D eigenvalue weighted by molar-refractivity contribution is 0.0752. The van der Waals surface area contributed by atoms with Crippen LogP contribution in [-0.2, 0) is 14.8 Å². The van der Waals surface area contributed by atoms with Crippen LogP contribution in [0.2, 0.25) is 0 Å². The van der Waals surface area contributed by atoms with Crippen molar-refractivity contribution in [3.63, 3.8) is 0 Å². The van der Waals surface area contributed by atoms with Crippen molar-refractivity contribution < 1.29 is 13.2 Å². The Kier molecular flexibility index (Phi) is 4.13. The van der Waals surface area contributed by atoms with E-state index < -0.39 is 10.0 Å². The zero-order chi connectivity index (χ0) is 14.0. The number of benzene rings is 1. The Bertz CT molecular complexity index is 537. The van der Waals surface area contributed by atoms with E-state index in [1.165, 1.54) is 4.31 Å². The van der Waals surface area contributed by atoms with E-state index in [0.29, 0.717) is 37.4 Å². The van der Waals surface area contributed by atoms with Gasteiger partial charge in [0.2, 0.25) is 10.0 Å². The number of hydrogen-bond acceptors (Lipinski definition) is 4. The van der Waals surface area contributed by atoms with Gasteiger partial charge in [-0.3, -0.25) is 0 Å². The summed E-state index contributed by atoms with van der Waals surface area (Å²) in [5.41, 5.74) is 6.83. The Morgan fingerprint density at radius 2 is 2.16 bits per heavy atom. The number of nitrogen functional groups attached to an aromatic ring is 1. The van der Waals surface area contributed by atoms with Crippen LogP contribution in [0.15, 0.2) is 23.1 Å². The van der Waals surface area contributed by atoms with Gasteiger partial charge in [-0.2, -0.15) is 4.31 Å². The van der Waals surface area contributed by atoms with Crippen LogP contribution in [-0.4, -0.2) is 38.5 Å². The summed E-state index contributed by atoms with van der Waals surface area (Å²) in [6.45, 7) is 5.09. The van der Waals surface area contributed by atoms with Crippen molar-refractivity contribution in [3.05, 3.63) is 23.8 Å². The summed E-state index contributed by atoms with van der Waals surface area (Å²) in [6, 6.07) is 5.15. The molecule has 0 amide bonds. The second-order valence-corrected chi connectivity index (χ2v) is 6.77. The fourth-order valence-corrected chi connectivity index (χ4v) is 4.21. The van der Waals surface area contributed by atoms with E-state index in [4.69, 9.17) is 10.5 Å². The average molecular weight is 284 g/mol. The number of anilines is 1. The molecule has 0 bridgehead atoms. The Morgan fingerprint density at radius 3 is 2.84 bits per heavy atom. The first-order valence-electron chi connectivity index (χ1n) is 6.40. The van der Waals surface area contributed by atoms with Gasteiger partial charge in [0, 0.05) is 19.7 Å². The monoisotopic (exact) mass is 284 g/mol. The average Bonchev–Trinajstić information content (AvgIpc) is 2.53. The molecule has 1 aromatic rings. The van der Waals surface area contributed by atoms with Gasteiger partial charge in [-0.15, -0.1) is 0 Å². The number of nitrogens with two attached hydrogens (primary N) is 1. The lowest BCUT2D eigenvalue weighted by atomic mass is 10.2. The molecule has 0 aromatic heterocycles. The van der Waals surface area contributed by atoms with Gasteiger partial charge >= 0.3 is 0 Å². The highest BCUT2D eigenvalue weighted by molar-refractivity contribution is 7.89. The molecular formula is C13H20N2O3S. The van der Waals surface area contributed by atoms with E-state index in [2.05, 4.69) is 0 Å². The molecule has 19 heavy (non-hydrogen) atoms. The summed E-state index contributed by atoms with van der Waals surface area (Å²) < 4.78 is 32.4. The molecule has 0 spiro atoms. The number of aryl methyl sites for hydroxylation is 1. The lowest BCUT2D eigenvalue weighted by Gasteiger charge is -2.23. The van der Waals surface area contributed by atoms with E-state index in [9.17, 15) is 8.42 Å². The SMILES string of the molecule is Cc1cccc(N)c1S(=O)(=O)N1CCCOC(C)C1. The van der Waals surface area contributed by atoms with Crippen molar-refractivity contribution in [1.82, 2.24) is 4.31 Å². The third kappa shape index (κ3) is 2.91. The van der Waals surface area contributed by atoms with Crippen LogP contribution in [0.3, 0.4) is 0 Å². The van der Waals surface area contributed by atoms with E-state index in [1.807, 2.05) is 6.92 Å². The molecule has 0 saturated carbocycles. The minimum absolute atomic E-state index is 0.0949. The minimum Gasteiger partial charge on any atom is -0.398 e. The van der Waals surface area contributed by atoms with Crippen LogP contribution < -0.4 is 5.73 Å². The molecule has 1 fully saturated rings. The predicted molar refractivity (Wildman–Crippen MR) is 74.4 cm³/mol. The Balaban J connectivity index is 2.41. The lowest BCUT2D eigenvalue weighted by Crippen LogP contribution is -2.36. The smallest absolute Gasteiger partial charge is 0.245 e. The van der Waals surface area contributed by atoms with Crippen molar-refractivity contribution >= 4 is 15.7 Å². The summed E-state index contributed by atoms with van der Waals surface area (Å²) in [5, 5.41) is 0. The van der Waals surface area contributed by atoms with Gasteiger partial charge in [0.15, 0.2) is 0 Å². The van der Waals surface area contributed by atoms with Crippen LogP contribution in [0.25, 0.3) is 0 Å².